The van der Waals surface area contributed by atoms with Crippen molar-refractivity contribution in [2.45, 2.75) is 26.9 Å². The molecule has 27 heavy (non-hydrogen) atoms. The summed E-state index contributed by atoms with van der Waals surface area (Å²) in [5.41, 5.74) is 4.82. The molecule has 2 N–H and O–H groups in total. The molecule has 0 amide bonds. The van der Waals surface area contributed by atoms with Crippen LogP contribution >= 0.6 is 0 Å². The van der Waals surface area contributed by atoms with Crippen molar-refractivity contribution in [1.29, 1.82) is 0 Å². The Bertz CT molecular complexity index is 826. The average molecular weight is 367 g/mol. The fraction of sp³-hybridized carbons (Fsp3) is 0.318. The topological polar surface area (TPSA) is 58.8 Å². The number of carbonyl (C=O) groups is 1. The predicted octanol–water partition coefficient (Wildman–Crippen LogP) is 3.70. The minimum absolute atomic E-state index is 0.0262. The Hall–Kier alpha value is -2.79. The molecule has 0 atom stereocenters. The zero-order valence-electron chi connectivity index (χ0n) is 16.8. The van der Waals surface area contributed by atoms with Crippen molar-refractivity contribution in [3.05, 3.63) is 70.9 Å². The lowest BCUT2D eigenvalue weighted by atomic mass is 10.0. The number of carbonyl (C=O) groups excluding carboxylic acids is 1. The van der Waals surface area contributed by atoms with E-state index in [9.17, 15) is 4.79 Å². The molecular formula is C22H29N3O2. The maximum absolute atomic E-state index is 12.2. The maximum atomic E-state index is 12.2. The summed E-state index contributed by atoms with van der Waals surface area (Å²) in [5.74, 6) is 6.71. The lowest BCUT2D eigenvalue weighted by Gasteiger charge is -2.20. The summed E-state index contributed by atoms with van der Waals surface area (Å²) in [5, 5.41) is 1.61. The van der Waals surface area contributed by atoms with E-state index in [2.05, 4.69) is 13.0 Å². The summed E-state index contributed by atoms with van der Waals surface area (Å²) >= 11 is 0. The fourth-order valence-electron chi connectivity index (χ4n) is 2.88. The number of benzene rings is 2. The van der Waals surface area contributed by atoms with Crippen LogP contribution in [0, 0.1) is 6.92 Å². The number of hydrogen-bond donors (Lipinski definition) is 1. The average Bonchev–Trinajstić information content (AvgIpc) is 2.64. The van der Waals surface area contributed by atoms with E-state index >= 15 is 0 Å². The molecule has 0 fully saturated rings. The molecule has 0 aliphatic rings. The van der Waals surface area contributed by atoms with Gasteiger partial charge in [0.1, 0.15) is 12.4 Å². The number of hydrazine groups is 1. The maximum Gasteiger partial charge on any atom is 0.187 e. The molecule has 0 aliphatic carbocycles. The number of allylic oxidation sites excluding steroid dienone is 1. The van der Waals surface area contributed by atoms with E-state index in [1.807, 2.05) is 57.2 Å². The summed E-state index contributed by atoms with van der Waals surface area (Å²) in [7, 11) is 5.59. The van der Waals surface area contributed by atoms with E-state index in [-0.39, 0.29) is 5.78 Å². The molecule has 0 heterocycles. The van der Waals surface area contributed by atoms with Crippen LogP contribution in [0.3, 0.4) is 0 Å². The first-order valence-electron chi connectivity index (χ1n) is 9.05. The quantitative estimate of drug-likeness (QED) is 0.334. The van der Waals surface area contributed by atoms with E-state index in [4.69, 9.17) is 10.6 Å². The van der Waals surface area contributed by atoms with Crippen molar-refractivity contribution in [1.82, 2.24) is 4.90 Å². The molecule has 0 unspecified atom stereocenters. The second-order valence-electron chi connectivity index (χ2n) is 6.79. The van der Waals surface area contributed by atoms with Crippen molar-refractivity contribution in [3.8, 4) is 5.75 Å². The zero-order valence-corrected chi connectivity index (χ0v) is 16.8. The summed E-state index contributed by atoms with van der Waals surface area (Å²) < 4.78 is 6.07. The van der Waals surface area contributed by atoms with Gasteiger partial charge in [-0.1, -0.05) is 19.1 Å². The second-order valence-corrected chi connectivity index (χ2v) is 6.79. The Morgan fingerprint density at radius 3 is 2.52 bits per heavy atom. The van der Waals surface area contributed by atoms with Crippen LogP contribution in [0.25, 0.3) is 0 Å². The zero-order chi connectivity index (χ0) is 20.0. The van der Waals surface area contributed by atoms with Gasteiger partial charge in [0, 0.05) is 44.5 Å². The largest absolute Gasteiger partial charge is 0.489 e. The van der Waals surface area contributed by atoms with E-state index < -0.39 is 0 Å². The molecule has 0 saturated heterocycles. The van der Waals surface area contributed by atoms with Crippen LogP contribution < -0.4 is 15.6 Å². The summed E-state index contributed by atoms with van der Waals surface area (Å²) in [6.07, 6.45) is 4.22. The Balaban J connectivity index is 2.19. The molecule has 0 saturated carbocycles. The van der Waals surface area contributed by atoms with Crippen LogP contribution in [0.2, 0.25) is 0 Å². The molecule has 2 rings (SSSR count). The molecule has 0 bridgehead atoms. The highest BCUT2D eigenvalue weighted by Crippen LogP contribution is 2.26. The lowest BCUT2D eigenvalue weighted by molar-refractivity contribution is 0.104. The van der Waals surface area contributed by atoms with E-state index in [0.717, 1.165) is 29.0 Å². The monoisotopic (exact) mass is 367 g/mol. The first-order chi connectivity index (χ1) is 12.8. The molecule has 0 radical (unpaired) electrons. The third kappa shape index (κ3) is 5.34. The van der Waals surface area contributed by atoms with Gasteiger partial charge in [-0.15, -0.1) is 0 Å². The van der Waals surface area contributed by atoms with Crippen LogP contribution in [0.4, 0.5) is 5.69 Å². The SMILES string of the molecule is CCc1cccc(N(C)N)c1COc1ccc(C(=O)/C=C/N(C)C)cc1C. The third-order valence-corrected chi connectivity index (χ3v) is 4.36. The number of nitrogens with two attached hydrogens (primary N) is 1. The highest BCUT2D eigenvalue weighted by Gasteiger charge is 2.12. The Labute approximate surface area is 162 Å². The van der Waals surface area contributed by atoms with Crippen LogP contribution in [0.5, 0.6) is 5.75 Å². The van der Waals surface area contributed by atoms with Gasteiger partial charge in [0.2, 0.25) is 0 Å². The van der Waals surface area contributed by atoms with Crippen molar-refractivity contribution in [3.63, 3.8) is 0 Å². The smallest absolute Gasteiger partial charge is 0.187 e. The first-order valence-corrected chi connectivity index (χ1v) is 9.05. The number of anilines is 1. The van der Waals surface area contributed by atoms with Crippen molar-refractivity contribution >= 4 is 11.5 Å². The molecule has 5 nitrogen and oxygen atoms in total. The molecule has 0 aliphatic heterocycles. The highest BCUT2D eigenvalue weighted by atomic mass is 16.5. The van der Waals surface area contributed by atoms with Gasteiger partial charge in [0.25, 0.3) is 0 Å². The molecular weight excluding hydrogens is 338 g/mol. The number of rotatable bonds is 8. The van der Waals surface area contributed by atoms with Gasteiger partial charge in [0.15, 0.2) is 5.78 Å². The van der Waals surface area contributed by atoms with Gasteiger partial charge in [0.05, 0.1) is 5.69 Å². The fourth-order valence-corrected chi connectivity index (χ4v) is 2.88. The highest BCUT2D eigenvalue weighted by molar-refractivity contribution is 6.04. The van der Waals surface area contributed by atoms with Crippen LogP contribution in [0.1, 0.15) is 34.0 Å². The van der Waals surface area contributed by atoms with Crippen molar-refractivity contribution in [2.24, 2.45) is 5.84 Å². The number of ketones is 1. The van der Waals surface area contributed by atoms with Gasteiger partial charge in [-0.25, -0.2) is 5.84 Å². The minimum atomic E-state index is -0.0262. The summed E-state index contributed by atoms with van der Waals surface area (Å²) in [4.78, 5) is 14.1. The van der Waals surface area contributed by atoms with Crippen molar-refractivity contribution < 1.29 is 9.53 Å². The normalized spacial score (nSPS) is 10.9. The summed E-state index contributed by atoms with van der Waals surface area (Å²) in [6, 6.07) is 11.6. The molecule has 2 aromatic carbocycles. The molecule has 0 aromatic heterocycles. The Kier molecular flexibility index (Phi) is 7.02. The summed E-state index contributed by atoms with van der Waals surface area (Å²) in [6.45, 7) is 4.49. The first kappa shape index (κ1) is 20.5. The standard InChI is InChI=1S/C22H29N3O2/c1-6-17-8-7-9-20(25(5)23)19(17)15-27-22-11-10-18(14-16(22)2)21(26)12-13-24(3)4/h7-14H,6,15,23H2,1-5H3/b13-12+. The van der Waals surface area contributed by atoms with Gasteiger partial charge < -0.3 is 14.6 Å². The number of ether oxygens (including phenoxy) is 1. The Morgan fingerprint density at radius 1 is 1.19 bits per heavy atom. The minimum Gasteiger partial charge on any atom is -0.489 e. The van der Waals surface area contributed by atoms with Gasteiger partial charge >= 0.3 is 0 Å². The van der Waals surface area contributed by atoms with Crippen molar-refractivity contribution in [2.75, 3.05) is 26.2 Å². The molecule has 144 valence electrons. The van der Waals surface area contributed by atoms with E-state index in [1.54, 1.807) is 23.4 Å². The van der Waals surface area contributed by atoms with E-state index in [1.165, 1.54) is 5.56 Å². The lowest BCUT2D eigenvalue weighted by Crippen LogP contribution is -2.27. The third-order valence-electron chi connectivity index (χ3n) is 4.36. The number of aryl methyl sites for hydroxylation is 2. The van der Waals surface area contributed by atoms with Gasteiger partial charge in [-0.05, 0) is 48.7 Å². The van der Waals surface area contributed by atoms with Crippen LogP contribution in [-0.4, -0.2) is 31.8 Å². The van der Waals surface area contributed by atoms with Crippen LogP contribution in [-0.2, 0) is 13.0 Å². The molecule has 2 aromatic rings. The Morgan fingerprint density at radius 2 is 1.93 bits per heavy atom. The molecule has 5 heteroatoms. The number of nitrogens with zero attached hydrogens (tertiary/aromatic N) is 2. The van der Waals surface area contributed by atoms with E-state index in [0.29, 0.717) is 12.2 Å². The predicted molar refractivity (Wildman–Crippen MR) is 111 cm³/mol. The van der Waals surface area contributed by atoms with Gasteiger partial charge in [-0.2, -0.15) is 0 Å². The molecule has 0 spiro atoms. The van der Waals surface area contributed by atoms with Gasteiger partial charge in [-0.3, -0.25) is 4.79 Å². The van der Waals surface area contributed by atoms with Crippen LogP contribution in [0.15, 0.2) is 48.7 Å². The number of hydrogen-bond acceptors (Lipinski definition) is 5. The second kappa shape index (κ2) is 9.24.